The van der Waals surface area contributed by atoms with Gasteiger partial charge in [-0.25, -0.2) is 13.1 Å². The summed E-state index contributed by atoms with van der Waals surface area (Å²) in [7, 11) is -3.55. The van der Waals surface area contributed by atoms with Crippen molar-refractivity contribution < 1.29 is 13.2 Å². The Morgan fingerprint density at radius 3 is 2.19 bits per heavy atom. The Kier molecular flexibility index (Phi) is 8.81. The van der Waals surface area contributed by atoms with E-state index in [0.29, 0.717) is 12.1 Å². The van der Waals surface area contributed by atoms with Gasteiger partial charge in [0.05, 0.1) is 4.90 Å². The average Bonchev–Trinajstić information content (AvgIpc) is 2.77. The number of nitrogens with zero attached hydrogens (tertiary/aromatic N) is 2. The number of hydrogen-bond acceptors (Lipinski definition) is 5. The summed E-state index contributed by atoms with van der Waals surface area (Å²) in [6, 6.07) is 16.4. The van der Waals surface area contributed by atoms with E-state index in [-0.39, 0.29) is 16.8 Å². The van der Waals surface area contributed by atoms with Crippen LogP contribution >= 0.6 is 0 Å². The fourth-order valence-corrected chi connectivity index (χ4v) is 5.03. The van der Waals surface area contributed by atoms with Crippen LogP contribution < -0.4 is 10.0 Å². The van der Waals surface area contributed by atoms with Crippen LogP contribution in [0.5, 0.6) is 0 Å². The van der Waals surface area contributed by atoms with Gasteiger partial charge in [-0.05, 0) is 56.6 Å². The molecule has 0 spiro atoms. The highest BCUT2D eigenvalue weighted by atomic mass is 32.2. The van der Waals surface area contributed by atoms with Gasteiger partial charge in [0.25, 0.3) is 5.91 Å². The van der Waals surface area contributed by atoms with Gasteiger partial charge in [-0.2, -0.15) is 0 Å². The average molecular weight is 459 g/mol. The lowest BCUT2D eigenvalue weighted by molar-refractivity contribution is 0.0947. The lowest BCUT2D eigenvalue weighted by Crippen LogP contribution is -2.46. The summed E-state index contributed by atoms with van der Waals surface area (Å²) in [6.45, 7) is 10.3. The number of amides is 1. The Bertz CT molecular complexity index is 954. The van der Waals surface area contributed by atoms with Gasteiger partial charge in [0, 0.05) is 50.9 Å². The Hall–Kier alpha value is -2.26. The number of sulfonamides is 1. The van der Waals surface area contributed by atoms with E-state index in [1.54, 1.807) is 26.0 Å². The maximum Gasteiger partial charge on any atom is 0.251 e. The van der Waals surface area contributed by atoms with Gasteiger partial charge in [0.2, 0.25) is 10.0 Å². The maximum atomic E-state index is 12.4. The number of benzene rings is 2. The minimum atomic E-state index is -3.55. The van der Waals surface area contributed by atoms with Crippen LogP contribution in [0, 0.1) is 0 Å². The van der Waals surface area contributed by atoms with E-state index in [4.69, 9.17) is 0 Å². The zero-order valence-corrected chi connectivity index (χ0v) is 19.8. The van der Waals surface area contributed by atoms with Crippen LogP contribution in [0.1, 0.15) is 36.2 Å². The molecule has 0 atom stereocenters. The van der Waals surface area contributed by atoms with Crippen molar-refractivity contribution in [3.8, 4) is 0 Å². The molecule has 0 saturated carbocycles. The molecular weight excluding hydrogens is 424 g/mol. The van der Waals surface area contributed by atoms with Crippen LogP contribution in [-0.2, 0) is 16.6 Å². The van der Waals surface area contributed by atoms with Crippen molar-refractivity contribution in [1.82, 2.24) is 19.8 Å². The summed E-state index contributed by atoms with van der Waals surface area (Å²) >= 11 is 0. The number of carbonyl (C=O) groups is 1. The van der Waals surface area contributed by atoms with E-state index in [0.717, 1.165) is 45.7 Å². The van der Waals surface area contributed by atoms with E-state index in [1.165, 1.54) is 17.7 Å². The van der Waals surface area contributed by atoms with Gasteiger partial charge in [-0.3, -0.25) is 9.69 Å². The third kappa shape index (κ3) is 7.41. The van der Waals surface area contributed by atoms with Crippen molar-refractivity contribution in [3.05, 3.63) is 65.7 Å². The van der Waals surface area contributed by atoms with Crippen LogP contribution in [0.15, 0.2) is 59.5 Å². The van der Waals surface area contributed by atoms with Crippen LogP contribution in [-0.4, -0.2) is 69.4 Å². The Balaban J connectivity index is 1.35. The molecule has 0 aromatic heterocycles. The Morgan fingerprint density at radius 1 is 0.938 bits per heavy atom. The molecule has 3 rings (SSSR count). The molecule has 7 nitrogen and oxygen atoms in total. The SMILES string of the molecule is CC(C)NS(=O)(=O)c1ccc(C(=O)NCCCN2CCN(Cc3ccccc3)CC2)cc1. The largest absolute Gasteiger partial charge is 0.352 e. The third-order valence-corrected chi connectivity index (χ3v) is 7.14. The van der Waals surface area contributed by atoms with Crippen molar-refractivity contribution in [2.45, 2.75) is 37.8 Å². The second-order valence-electron chi connectivity index (χ2n) is 8.51. The van der Waals surface area contributed by atoms with Crippen LogP contribution in [0.2, 0.25) is 0 Å². The first kappa shape index (κ1) is 24.4. The van der Waals surface area contributed by atoms with E-state index >= 15 is 0 Å². The highest BCUT2D eigenvalue weighted by Crippen LogP contribution is 2.12. The minimum absolute atomic E-state index is 0.161. The summed E-state index contributed by atoms with van der Waals surface area (Å²) in [5.74, 6) is -0.182. The van der Waals surface area contributed by atoms with Gasteiger partial charge in [-0.1, -0.05) is 30.3 Å². The van der Waals surface area contributed by atoms with Crippen molar-refractivity contribution in [1.29, 1.82) is 0 Å². The Morgan fingerprint density at radius 2 is 1.56 bits per heavy atom. The van der Waals surface area contributed by atoms with Crippen molar-refractivity contribution in [2.75, 3.05) is 39.3 Å². The van der Waals surface area contributed by atoms with Crippen LogP contribution in [0.3, 0.4) is 0 Å². The first-order valence-corrected chi connectivity index (χ1v) is 12.7. The molecular formula is C24H34N4O3S. The van der Waals surface area contributed by atoms with E-state index in [2.05, 4.69) is 44.1 Å². The molecule has 174 valence electrons. The molecule has 1 saturated heterocycles. The molecule has 1 fully saturated rings. The second-order valence-corrected chi connectivity index (χ2v) is 10.2. The maximum absolute atomic E-state index is 12.4. The minimum Gasteiger partial charge on any atom is -0.352 e. The van der Waals surface area contributed by atoms with Gasteiger partial charge >= 0.3 is 0 Å². The van der Waals surface area contributed by atoms with Gasteiger partial charge in [0.15, 0.2) is 0 Å². The monoisotopic (exact) mass is 458 g/mol. The van der Waals surface area contributed by atoms with Crippen LogP contribution in [0.4, 0.5) is 0 Å². The molecule has 8 heteroatoms. The standard InChI is InChI=1S/C24H34N4O3S/c1-20(2)26-32(30,31)23-11-9-22(10-12-23)24(29)25-13-6-14-27-15-17-28(18-16-27)19-21-7-4-3-5-8-21/h3-5,7-12,20,26H,6,13-19H2,1-2H3,(H,25,29). The molecule has 2 aromatic carbocycles. The molecule has 2 N–H and O–H groups in total. The van der Waals surface area contributed by atoms with Gasteiger partial charge in [0.1, 0.15) is 0 Å². The van der Waals surface area contributed by atoms with Gasteiger partial charge < -0.3 is 10.2 Å². The number of piperazine rings is 1. The highest BCUT2D eigenvalue weighted by molar-refractivity contribution is 7.89. The summed E-state index contributed by atoms with van der Waals surface area (Å²) in [5, 5.41) is 2.93. The van der Waals surface area contributed by atoms with E-state index in [1.807, 2.05) is 6.07 Å². The highest BCUT2D eigenvalue weighted by Gasteiger charge is 2.17. The zero-order valence-electron chi connectivity index (χ0n) is 19.0. The fraction of sp³-hybridized carbons (Fsp3) is 0.458. The molecule has 0 radical (unpaired) electrons. The zero-order chi connectivity index (χ0) is 23.0. The number of rotatable bonds is 10. The molecule has 0 aliphatic carbocycles. The van der Waals surface area contributed by atoms with Crippen molar-refractivity contribution in [2.24, 2.45) is 0 Å². The Labute approximate surface area is 191 Å². The molecule has 1 aliphatic heterocycles. The van der Waals surface area contributed by atoms with E-state index < -0.39 is 10.0 Å². The number of nitrogens with one attached hydrogen (secondary N) is 2. The lowest BCUT2D eigenvalue weighted by Gasteiger charge is -2.34. The third-order valence-electron chi connectivity index (χ3n) is 5.47. The normalized spacial score (nSPS) is 15.7. The number of hydrogen-bond donors (Lipinski definition) is 2. The van der Waals surface area contributed by atoms with Crippen molar-refractivity contribution in [3.63, 3.8) is 0 Å². The van der Waals surface area contributed by atoms with Crippen LogP contribution in [0.25, 0.3) is 0 Å². The quantitative estimate of drug-likeness (QED) is 0.534. The van der Waals surface area contributed by atoms with Gasteiger partial charge in [-0.15, -0.1) is 0 Å². The van der Waals surface area contributed by atoms with Crippen molar-refractivity contribution >= 4 is 15.9 Å². The first-order valence-electron chi connectivity index (χ1n) is 11.2. The predicted octanol–water partition coefficient (Wildman–Crippen LogP) is 2.31. The number of carbonyl (C=O) groups excluding carboxylic acids is 1. The molecule has 2 aromatic rings. The predicted molar refractivity (Wildman–Crippen MR) is 127 cm³/mol. The second kappa shape index (κ2) is 11.6. The summed E-state index contributed by atoms with van der Waals surface area (Å²) in [6.07, 6.45) is 0.884. The summed E-state index contributed by atoms with van der Waals surface area (Å²) in [5.41, 5.74) is 1.81. The molecule has 32 heavy (non-hydrogen) atoms. The molecule has 1 heterocycles. The topological polar surface area (TPSA) is 81.7 Å². The molecule has 0 unspecified atom stereocenters. The first-order chi connectivity index (χ1) is 15.3. The molecule has 1 aliphatic rings. The lowest BCUT2D eigenvalue weighted by atomic mass is 10.2. The smallest absolute Gasteiger partial charge is 0.251 e. The fourth-order valence-electron chi connectivity index (χ4n) is 3.78. The van der Waals surface area contributed by atoms with E-state index in [9.17, 15) is 13.2 Å². The summed E-state index contributed by atoms with van der Waals surface area (Å²) < 4.78 is 26.9. The summed E-state index contributed by atoms with van der Waals surface area (Å²) in [4.78, 5) is 17.4. The molecule has 0 bridgehead atoms. The molecule has 1 amide bonds.